The van der Waals surface area contributed by atoms with E-state index in [0.29, 0.717) is 6.42 Å². The molecule has 6 nitrogen and oxygen atoms in total. The molecule has 34 heavy (non-hydrogen) atoms. The van der Waals surface area contributed by atoms with E-state index < -0.39 is 41.2 Å². The first-order chi connectivity index (χ1) is 15.9. The molecule has 0 aliphatic heterocycles. The van der Waals surface area contributed by atoms with Crippen molar-refractivity contribution in [3.05, 3.63) is 60.0 Å². The molecule has 0 atom stereocenters. The number of ether oxygens (including phenoxy) is 3. The molecule has 180 valence electrons. The number of carbonyl (C=O) groups excluding carboxylic acids is 2. The standard InChI is InChI=1S/C24H20F4O6/c1-12(2)22(29)31-11-5-6-14-7-8-15-16-9-10-17(32-23(30)13(3)4)21(34-24(26,27)28)20(16)33-19(15)18(14)25/h7-10H,1,3,5-6,11H2,2,4H3. The van der Waals surface area contributed by atoms with Gasteiger partial charge in [-0.1, -0.05) is 19.2 Å². The third-order valence-corrected chi connectivity index (χ3v) is 4.69. The lowest BCUT2D eigenvalue weighted by atomic mass is 10.1. The highest BCUT2D eigenvalue weighted by Gasteiger charge is 2.35. The minimum Gasteiger partial charge on any atom is -0.462 e. The molecule has 0 radical (unpaired) electrons. The molecule has 0 saturated heterocycles. The molecule has 3 aromatic rings. The van der Waals surface area contributed by atoms with E-state index in [1.165, 1.54) is 32.0 Å². The largest absolute Gasteiger partial charge is 0.573 e. The number of halogens is 4. The van der Waals surface area contributed by atoms with Gasteiger partial charge in [-0.25, -0.2) is 14.0 Å². The number of hydrogen-bond donors (Lipinski definition) is 0. The van der Waals surface area contributed by atoms with Crippen molar-refractivity contribution in [3.8, 4) is 11.5 Å². The van der Waals surface area contributed by atoms with E-state index in [4.69, 9.17) is 13.9 Å². The average Bonchev–Trinajstić information content (AvgIpc) is 3.12. The molecule has 0 unspecified atom stereocenters. The molecular weight excluding hydrogens is 460 g/mol. The van der Waals surface area contributed by atoms with E-state index in [1.807, 2.05) is 0 Å². The summed E-state index contributed by atoms with van der Waals surface area (Å²) in [6, 6.07) is 5.39. The van der Waals surface area contributed by atoms with Crippen LogP contribution in [0, 0.1) is 5.82 Å². The molecule has 1 aromatic heterocycles. The summed E-state index contributed by atoms with van der Waals surface area (Å²) >= 11 is 0. The molecule has 2 aromatic carbocycles. The predicted octanol–water partition coefficient (Wildman–Crippen LogP) is 6.16. The highest BCUT2D eigenvalue weighted by atomic mass is 19.4. The zero-order valence-corrected chi connectivity index (χ0v) is 18.3. The first kappa shape index (κ1) is 24.8. The number of esters is 2. The van der Waals surface area contributed by atoms with E-state index in [2.05, 4.69) is 17.9 Å². The summed E-state index contributed by atoms with van der Waals surface area (Å²) in [5.74, 6) is -3.78. The van der Waals surface area contributed by atoms with Crippen LogP contribution in [0.25, 0.3) is 21.9 Å². The SMILES string of the molecule is C=C(C)C(=O)OCCCc1ccc2c(oc3c(OC(F)(F)F)c(OC(=O)C(=C)C)ccc32)c1F. The number of hydrogen-bond acceptors (Lipinski definition) is 6. The van der Waals surface area contributed by atoms with Crippen molar-refractivity contribution < 1.29 is 45.8 Å². The van der Waals surface area contributed by atoms with Gasteiger partial charge in [0.05, 0.1) is 6.61 Å². The van der Waals surface area contributed by atoms with E-state index in [9.17, 15) is 22.8 Å². The maximum absolute atomic E-state index is 15.1. The zero-order chi connectivity index (χ0) is 25.2. The molecular formula is C24H20F4O6. The summed E-state index contributed by atoms with van der Waals surface area (Å²) in [6.07, 6.45) is -4.66. The highest BCUT2D eigenvalue weighted by molar-refractivity contribution is 6.08. The Morgan fingerprint density at radius 2 is 1.59 bits per heavy atom. The molecule has 0 aliphatic carbocycles. The first-order valence-corrected chi connectivity index (χ1v) is 10.0. The number of rotatable bonds is 8. The zero-order valence-electron chi connectivity index (χ0n) is 18.3. The lowest BCUT2D eigenvalue weighted by Crippen LogP contribution is -2.18. The Morgan fingerprint density at radius 3 is 2.21 bits per heavy atom. The lowest BCUT2D eigenvalue weighted by Gasteiger charge is -2.13. The first-order valence-electron chi connectivity index (χ1n) is 10.0. The van der Waals surface area contributed by atoms with Crippen LogP contribution in [0.1, 0.15) is 25.8 Å². The molecule has 10 heteroatoms. The summed E-state index contributed by atoms with van der Waals surface area (Å²) in [4.78, 5) is 23.3. The van der Waals surface area contributed by atoms with Crippen molar-refractivity contribution in [3.63, 3.8) is 0 Å². The third-order valence-electron chi connectivity index (χ3n) is 4.69. The highest BCUT2D eigenvalue weighted by Crippen LogP contribution is 2.44. The fraction of sp³-hybridized carbons (Fsp3) is 0.250. The maximum Gasteiger partial charge on any atom is 0.573 e. The van der Waals surface area contributed by atoms with Crippen molar-refractivity contribution in [1.29, 1.82) is 0 Å². The van der Waals surface area contributed by atoms with Crippen LogP contribution in [0.2, 0.25) is 0 Å². The summed E-state index contributed by atoms with van der Waals surface area (Å²) in [5.41, 5.74) is -0.329. The molecule has 1 heterocycles. The lowest BCUT2D eigenvalue weighted by molar-refractivity contribution is -0.274. The molecule has 0 spiro atoms. The second-order valence-electron chi connectivity index (χ2n) is 7.52. The Morgan fingerprint density at radius 1 is 0.971 bits per heavy atom. The molecule has 0 saturated carbocycles. The Kier molecular flexibility index (Phi) is 6.99. The number of alkyl halides is 3. The summed E-state index contributed by atoms with van der Waals surface area (Å²) < 4.78 is 73.8. The van der Waals surface area contributed by atoms with Crippen LogP contribution in [0.3, 0.4) is 0 Å². The number of carbonyl (C=O) groups is 2. The number of furan rings is 1. The van der Waals surface area contributed by atoms with Crippen LogP contribution in [0.5, 0.6) is 11.5 Å². The second kappa shape index (κ2) is 9.58. The molecule has 0 N–H and O–H groups in total. The Bertz CT molecular complexity index is 1300. The van der Waals surface area contributed by atoms with Gasteiger partial charge in [0.25, 0.3) is 0 Å². The fourth-order valence-corrected chi connectivity index (χ4v) is 3.09. The van der Waals surface area contributed by atoms with Gasteiger partial charge >= 0.3 is 18.3 Å². The average molecular weight is 480 g/mol. The molecule has 3 rings (SSSR count). The predicted molar refractivity (Wildman–Crippen MR) is 115 cm³/mol. The molecule has 0 fully saturated rings. The van der Waals surface area contributed by atoms with Crippen LogP contribution in [-0.2, 0) is 20.7 Å². The minimum atomic E-state index is -5.14. The molecule has 0 bridgehead atoms. The maximum atomic E-state index is 15.1. The van der Waals surface area contributed by atoms with Gasteiger partial charge in [-0.15, -0.1) is 13.2 Å². The van der Waals surface area contributed by atoms with E-state index >= 15 is 4.39 Å². The van der Waals surface area contributed by atoms with Gasteiger partial charge in [0, 0.05) is 21.9 Å². The van der Waals surface area contributed by atoms with Crippen LogP contribution < -0.4 is 9.47 Å². The Labute approximate surface area is 191 Å². The van der Waals surface area contributed by atoms with Crippen LogP contribution >= 0.6 is 0 Å². The van der Waals surface area contributed by atoms with Gasteiger partial charge in [-0.3, -0.25) is 0 Å². The van der Waals surface area contributed by atoms with Gasteiger partial charge in [-0.2, -0.15) is 0 Å². The third kappa shape index (κ3) is 5.38. The summed E-state index contributed by atoms with van der Waals surface area (Å²) in [7, 11) is 0. The topological polar surface area (TPSA) is 75.0 Å². The van der Waals surface area contributed by atoms with Crippen molar-refractivity contribution in [2.75, 3.05) is 6.61 Å². The van der Waals surface area contributed by atoms with Crippen LogP contribution in [0.15, 0.2) is 53.0 Å². The normalized spacial score (nSPS) is 11.5. The van der Waals surface area contributed by atoms with E-state index in [0.717, 1.165) is 6.07 Å². The van der Waals surface area contributed by atoms with Gasteiger partial charge in [0.1, 0.15) is 0 Å². The van der Waals surface area contributed by atoms with Crippen LogP contribution in [0.4, 0.5) is 17.6 Å². The Balaban J connectivity index is 2.00. The van der Waals surface area contributed by atoms with E-state index in [-0.39, 0.29) is 46.1 Å². The van der Waals surface area contributed by atoms with Crippen molar-refractivity contribution in [2.24, 2.45) is 0 Å². The number of aryl methyl sites for hydroxylation is 1. The van der Waals surface area contributed by atoms with Gasteiger partial charge < -0.3 is 18.6 Å². The second-order valence-corrected chi connectivity index (χ2v) is 7.52. The minimum absolute atomic E-state index is 0.0321. The van der Waals surface area contributed by atoms with Gasteiger partial charge in [0.2, 0.25) is 5.75 Å². The summed E-state index contributed by atoms with van der Waals surface area (Å²) in [5, 5.41) is 0.333. The monoisotopic (exact) mass is 480 g/mol. The van der Waals surface area contributed by atoms with Crippen LogP contribution in [-0.4, -0.2) is 24.9 Å². The Hall–Kier alpha value is -3.82. The van der Waals surface area contributed by atoms with Crippen molar-refractivity contribution in [1.82, 2.24) is 0 Å². The number of fused-ring (bicyclic) bond motifs is 3. The van der Waals surface area contributed by atoms with E-state index in [1.54, 1.807) is 0 Å². The van der Waals surface area contributed by atoms with Gasteiger partial charge in [-0.05, 0) is 50.5 Å². The fourth-order valence-electron chi connectivity index (χ4n) is 3.09. The number of benzene rings is 2. The smallest absolute Gasteiger partial charge is 0.462 e. The molecule has 0 amide bonds. The van der Waals surface area contributed by atoms with Crippen molar-refractivity contribution >= 4 is 33.9 Å². The quantitative estimate of drug-likeness (QED) is 0.126. The molecule has 0 aliphatic rings. The van der Waals surface area contributed by atoms with Gasteiger partial charge in [0.15, 0.2) is 22.7 Å². The van der Waals surface area contributed by atoms with Crippen molar-refractivity contribution in [2.45, 2.75) is 33.1 Å². The summed E-state index contributed by atoms with van der Waals surface area (Å²) in [6.45, 7) is 9.69.